The van der Waals surface area contributed by atoms with E-state index in [0.717, 1.165) is 31.6 Å². The second-order valence-electron chi connectivity index (χ2n) is 9.75. The van der Waals surface area contributed by atoms with Crippen molar-refractivity contribution in [3.8, 4) is 0 Å². The number of carbonyl (C=O) groups is 3. The molecule has 3 rings (SSSR count). The average molecular weight is 415 g/mol. The number of carbonyl (C=O) groups excluding carboxylic acids is 3. The number of hydrogen-bond donors (Lipinski definition) is 3. The van der Waals surface area contributed by atoms with Crippen molar-refractivity contribution in [3.05, 3.63) is 24.3 Å². The van der Waals surface area contributed by atoms with Crippen LogP contribution in [0.15, 0.2) is 24.3 Å². The smallest absolute Gasteiger partial charge is 0.319 e. The SMILES string of the molecule is CC1CCC(NC(=O)C2CC(=O)N(c3cccc(NC(=O)NC(C)(C)C)c3)C2)CC1. The van der Waals surface area contributed by atoms with Crippen LogP contribution in [0.2, 0.25) is 0 Å². The zero-order valence-electron chi connectivity index (χ0n) is 18.5. The van der Waals surface area contributed by atoms with Gasteiger partial charge in [-0.25, -0.2) is 4.79 Å². The Bertz CT molecular complexity index is 794. The molecule has 0 radical (unpaired) electrons. The first-order chi connectivity index (χ1) is 14.1. The first-order valence-corrected chi connectivity index (χ1v) is 10.9. The van der Waals surface area contributed by atoms with E-state index in [4.69, 9.17) is 0 Å². The number of hydrogen-bond acceptors (Lipinski definition) is 3. The molecule has 0 spiro atoms. The van der Waals surface area contributed by atoms with Gasteiger partial charge in [0.15, 0.2) is 0 Å². The van der Waals surface area contributed by atoms with Gasteiger partial charge in [0.05, 0.1) is 5.92 Å². The molecule has 0 aromatic heterocycles. The molecule has 1 heterocycles. The van der Waals surface area contributed by atoms with Crippen LogP contribution in [0, 0.1) is 11.8 Å². The minimum atomic E-state index is -0.344. The van der Waals surface area contributed by atoms with Crippen LogP contribution >= 0.6 is 0 Å². The number of benzene rings is 1. The molecule has 1 atom stereocenters. The largest absolute Gasteiger partial charge is 0.353 e. The first kappa shape index (κ1) is 22.1. The highest BCUT2D eigenvalue weighted by atomic mass is 16.2. The molecule has 1 aliphatic carbocycles. The summed E-state index contributed by atoms with van der Waals surface area (Å²) in [6.45, 7) is 8.34. The van der Waals surface area contributed by atoms with E-state index in [-0.39, 0.29) is 41.8 Å². The predicted molar refractivity (Wildman–Crippen MR) is 118 cm³/mol. The van der Waals surface area contributed by atoms with Crippen molar-refractivity contribution >= 4 is 29.2 Å². The number of rotatable bonds is 4. The fourth-order valence-corrected chi connectivity index (χ4v) is 4.11. The topological polar surface area (TPSA) is 90.5 Å². The lowest BCUT2D eigenvalue weighted by Crippen LogP contribution is -2.43. The zero-order chi connectivity index (χ0) is 21.9. The van der Waals surface area contributed by atoms with Gasteiger partial charge in [-0.3, -0.25) is 9.59 Å². The van der Waals surface area contributed by atoms with Gasteiger partial charge in [-0.15, -0.1) is 0 Å². The van der Waals surface area contributed by atoms with E-state index in [2.05, 4.69) is 22.9 Å². The van der Waals surface area contributed by atoms with Crippen molar-refractivity contribution < 1.29 is 14.4 Å². The Hall–Kier alpha value is -2.57. The molecule has 1 aliphatic heterocycles. The van der Waals surface area contributed by atoms with E-state index >= 15 is 0 Å². The van der Waals surface area contributed by atoms with Crippen molar-refractivity contribution in [2.75, 3.05) is 16.8 Å². The van der Waals surface area contributed by atoms with E-state index < -0.39 is 0 Å². The summed E-state index contributed by atoms with van der Waals surface area (Å²) in [4.78, 5) is 39.1. The number of urea groups is 1. The van der Waals surface area contributed by atoms with E-state index in [1.807, 2.05) is 26.8 Å². The lowest BCUT2D eigenvalue weighted by atomic mass is 9.87. The van der Waals surface area contributed by atoms with Crippen LogP contribution < -0.4 is 20.9 Å². The number of anilines is 2. The summed E-state index contributed by atoms with van der Waals surface area (Å²) in [5.74, 6) is 0.304. The molecule has 30 heavy (non-hydrogen) atoms. The van der Waals surface area contributed by atoms with Gasteiger partial charge in [-0.05, 0) is 70.6 Å². The highest BCUT2D eigenvalue weighted by molar-refractivity contribution is 6.01. The third-order valence-electron chi connectivity index (χ3n) is 5.76. The maximum atomic E-state index is 12.7. The summed E-state index contributed by atoms with van der Waals surface area (Å²) < 4.78 is 0. The van der Waals surface area contributed by atoms with Gasteiger partial charge in [-0.2, -0.15) is 0 Å². The molecule has 1 saturated carbocycles. The second kappa shape index (κ2) is 9.06. The molecule has 1 unspecified atom stereocenters. The Balaban J connectivity index is 1.59. The zero-order valence-corrected chi connectivity index (χ0v) is 18.5. The van der Waals surface area contributed by atoms with Crippen molar-refractivity contribution in [1.82, 2.24) is 10.6 Å². The monoisotopic (exact) mass is 414 g/mol. The first-order valence-electron chi connectivity index (χ1n) is 10.9. The van der Waals surface area contributed by atoms with E-state index in [1.165, 1.54) is 0 Å². The summed E-state index contributed by atoms with van der Waals surface area (Å²) in [6.07, 6.45) is 4.53. The molecule has 0 bridgehead atoms. The third-order valence-corrected chi connectivity index (χ3v) is 5.76. The number of amides is 4. The Morgan fingerprint density at radius 3 is 2.47 bits per heavy atom. The Labute approximate surface area is 179 Å². The summed E-state index contributed by atoms with van der Waals surface area (Å²) in [5, 5.41) is 8.80. The summed E-state index contributed by atoms with van der Waals surface area (Å²) >= 11 is 0. The predicted octanol–water partition coefficient (Wildman–Crippen LogP) is 3.65. The van der Waals surface area contributed by atoms with E-state index in [9.17, 15) is 14.4 Å². The van der Waals surface area contributed by atoms with Crippen LogP contribution in [0.1, 0.15) is 59.8 Å². The Morgan fingerprint density at radius 1 is 1.10 bits per heavy atom. The molecule has 7 nitrogen and oxygen atoms in total. The van der Waals surface area contributed by atoms with Crippen LogP contribution in [0.3, 0.4) is 0 Å². The molecule has 1 saturated heterocycles. The molecular formula is C23H34N4O3. The molecular weight excluding hydrogens is 380 g/mol. The van der Waals surface area contributed by atoms with Gasteiger partial charge < -0.3 is 20.9 Å². The van der Waals surface area contributed by atoms with Gasteiger partial charge in [-0.1, -0.05) is 13.0 Å². The van der Waals surface area contributed by atoms with Crippen molar-refractivity contribution in [1.29, 1.82) is 0 Å². The van der Waals surface area contributed by atoms with Crippen LogP contribution in [0.25, 0.3) is 0 Å². The van der Waals surface area contributed by atoms with Gasteiger partial charge in [0.1, 0.15) is 0 Å². The number of nitrogens with one attached hydrogen (secondary N) is 3. The van der Waals surface area contributed by atoms with Gasteiger partial charge in [0.2, 0.25) is 11.8 Å². The molecule has 4 amide bonds. The maximum absolute atomic E-state index is 12.7. The molecule has 2 aliphatic rings. The maximum Gasteiger partial charge on any atom is 0.319 e. The van der Waals surface area contributed by atoms with Crippen molar-refractivity contribution in [3.63, 3.8) is 0 Å². The summed E-state index contributed by atoms with van der Waals surface area (Å²) in [5.41, 5.74) is 0.949. The van der Waals surface area contributed by atoms with E-state index in [0.29, 0.717) is 17.9 Å². The minimum absolute atomic E-state index is 0.0239. The van der Waals surface area contributed by atoms with Crippen molar-refractivity contribution in [2.45, 2.75) is 71.4 Å². The quantitative estimate of drug-likeness (QED) is 0.702. The van der Waals surface area contributed by atoms with Crippen LogP contribution in [0.4, 0.5) is 16.2 Å². The van der Waals surface area contributed by atoms with Gasteiger partial charge >= 0.3 is 6.03 Å². The van der Waals surface area contributed by atoms with Crippen LogP contribution in [-0.2, 0) is 9.59 Å². The standard InChI is InChI=1S/C23H34N4O3/c1-15-8-10-17(11-9-15)24-21(29)16-12-20(28)27(14-16)19-7-5-6-18(13-19)25-22(30)26-23(2,3)4/h5-7,13,15-17H,8-12,14H2,1-4H3,(H,24,29)(H2,25,26,30). The molecule has 164 valence electrons. The molecule has 7 heteroatoms. The average Bonchev–Trinajstić information content (AvgIpc) is 3.04. The minimum Gasteiger partial charge on any atom is -0.353 e. The lowest BCUT2D eigenvalue weighted by molar-refractivity contribution is -0.127. The van der Waals surface area contributed by atoms with Gasteiger partial charge in [0.25, 0.3) is 0 Å². The number of nitrogens with zero attached hydrogens (tertiary/aromatic N) is 1. The van der Waals surface area contributed by atoms with Crippen LogP contribution in [0.5, 0.6) is 0 Å². The van der Waals surface area contributed by atoms with Crippen LogP contribution in [-0.4, -0.2) is 36.0 Å². The second-order valence-corrected chi connectivity index (χ2v) is 9.75. The normalized spacial score (nSPS) is 24.5. The summed E-state index contributed by atoms with van der Waals surface area (Å²) in [7, 11) is 0. The summed E-state index contributed by atoms with van der Waals surface area (Å²) in [6, 6.07) is 7.10. The third kappa shape index (κ3) is 5.97. The Morgan fingerprint density at radius 2 is 1.80 bits per heavy atom. The molecule has 1 aromatic carbocycles. The molecule has 3 N–H and O–H groups in total. The lowest BCUT2D eigenvalue weighted by Gasteiger charge is -2.27. The van der Waals surface area contributed by atoms with Crippen molar-refractivity contribution in [2.24, 2.45) is 11.8 Å². The highest BCUT2D eigenvalue weighted by Crippen LogP contribution is 2.28. The van der Waals surface area contributed by atoms with E-state index in [1.54, 1.807) is 23.1 Å². The fraction of sp³-hybridized carbons (Fsp3) is 0.609. The Kier molecular flexibility index (Phi) is 6.68. The fourth-order valence-electron chi connectivity index (χ4n) is 4.11. The van der Waals surface area contributed by atoms with Gasteiger partial charge in [0, 0.05) is 35.9 Å². The molecule has 2 fully saturated rings. The molecule has 1 aromatic rings. The highest BCUT2D eigenvalue weighted by Gasteiger charge is 2.36.